The van der Waals surface area contributed by atoms with Crippen LogP contribution in [0, 0.1) is 5.92 Å². The van der Waals surface area contributed by atoms with Crippen molar-refractivity contribution in [2.75, 3.05) is 13.6 Å². The number of carbonyl (C=O) groups is 1. The molecule has 7 heteroatoms. The number of carboxylic acid groups (broad SMARTS) is 1. The highest BCUT2D eigenvalue weighted by Gasteiger charge is 2.25. The van der Waals surface area contributed by atoms with Gasteiger partial charge in [0.25, 0.3) is 0 Å². The second kappa shape index (κ2) is 7.09. The summed E-state index contributed by atoms with van der Waals surface area (Å²) >= 11 is 0. The molecule has 0 aromatic carbocycles. The molecule has 6 nitrogen and oxygen atoms in total. The minimum absolute atomic E-state index is 0.00712. The molecule has 0 fully saturated rings. The number of nitrogens with zero attached hydrogens (tertiary/aromatic N) is 2. The Morgan fingerprint density at radius 1 is 1.43 bits per heavy atom. The number of sulfonamides is 1. The van der Waals surface area contributed by atoms with Crippen LogP contribution in [-0.4, -0.2) is 42.0 Å². The summed E-state index contributed by atoms with van der Waals surface area (Å²) in [5, 5.41) is 9.16. The maximum absolute atomic E-state index is 12.5. The minimum Gasteiger partial charge on any atom is -0.477 e. The fourth-order valence-corrected chi connectivity index (χ4v) is 3.20. The molecule has 1 heterocycles. The van der Waals surface area contributed by atoms with E-state index < -0.39 is 16.0 Å². The highest BCUT2D eigenvalue weighted by Crippen LogP contribution is 2.19. The van der Waals surface area contributed by atoms with Gasteiger partial charge in [0.15, 0.2) is 0 Å². The van der Waals surface area contributed by atoms with E-state index in [1.165, 1.54) is 28.2 Å². The second-order valence-electron chi connectivity index (χ2n) is 5.57. The van der Waals surface area contributed by atoms with Gasteiger partial charge in [-0.2, -0.15) is 0 Å². The van der Waals surface area contributed by atoms with Gasteiger partial charge in [-0.3, -0.25) is 0 Å². The monoisotopic (exact) mass is 316 g/mol. The van der Waals surface area contributed by atoms with E-state index in [0.29, 0.717) is 19.0 Å². The van der Waals surface area contributed by atoms with Crippen LogP contribution in [0.5, 0.6) is 0 Å². The average molecular weight is 316 g/mol. The molecule has 0 aliphatic carbocycles. The molecule has 1 N–H and O–H groups in total. The first-order valence-electron chi connectivity index (χ1n) is 7.10. The van der Waals surface area contributed by atoms with E-state index >= 15 is 0 Å². The van der Waals surface area contributed by atoms with E-state index in [9.17, 15) is 13.2 Å². The summed E-state index contributed by atoms with van der Waals surface area (Å²) in [7, 11) is -2.12. The topological polar surface area (TPSA) is 79.6 Å². The van der Waals surface area contributed by atoms with Crippen molar-refractivity contribution < 1.29 is 18.3 Å². The van der Waals surface area contributed by atoms with Crippen molar-refractivity contribution in [3.05, 3.63) is 18.0 Å². The number of hydrogen-bond acceptors (Lipinski definition) is 3. The van der Waals surface area contributed by atoms with Gasteiger partial charge in [0, 0.05) is 26.3 Å². The van der Waals surface area contributed by atoms with Gasteiger partial charge in [-0.1, -0.05) is 20.8 Å². The van der Waals surface area contributed by atoms with E-state index in [0.717, 1.165) is 12.8 Å². The SMILES string of the molecule is CCCn1cc(S(=O)(=O)N(C)CCC(C)C)cc1C(=O)O. The van der Waals surface area contributed by atoms with Crippen molar-refractivity contribution in [2.45, 2.75) is 45.1 Å². The molecular weight excluding hydrogens is 292 g/mol. The lowest BCUT2D eigenvalue weighted by Crippen LogP contribution is -2.28. The van der Waals surface area contributed by atoms with Crippen LogP contribution in [0.4, 0.5) is 0 Å². The Morgan fingerprint density at radius 2 is 2.05 bits per heavy atom. The van der Waals surface area contributed by atoms with E-state index in [-0.39, 0.29) is 10.6 Å². The van der Waals surface area contributed by atoms with Gasteiger partial charge in [-0.15, -0.1) is 0 Å². The molecule has 1 rings (SSSR count). The molecule has 0 radical (unpaired) electrons. The smallest absolute Gasteiger partial charge is 0.352 e. The normalized spacial score (nSPS) is 12.3. The summed E-state index contributed by atoms with van der Waals surface area (Å²) in [4.78, 5) is 11.2. The quantitative estimate of drug-likeness (QED) is 0.798. The lowest BCUT2D eigenvalue weighted by molar-refractivity contribution is 0.0685. The molecule has 0 atom stereocenters. The first-order chi connectivity index (χ1) is 9.70. The van der Waals surface area contributed by atoms with Gasteiger partial charge in [-0.25, -0.2) is 17.5 Å². The van der Waals surface area contributed by atoms with Gasteiger partial charge < -0.3 is 9.67 Å². The van der Waals surface area contributed by atoms with E-state index in [1.807, 2.05) is 20.8 Å². The Hall–Kier alpha value is -1.34. The number of aromatic nitrogens is 1. The highest BCUT2D eigenvalue weighted by atomic mass is 32.2. The number of aryl methyl sites for hydroxylation is 1. The van der Waals surface area contributed by atoms with Crippen molar-refractivity contribution in [2.24, 2.45) is 5.92 Å². The Labute approximate surface area is 126 Å². The van der Waals surface area contributed by atoms with Crippen LogP contribution in [0.2, 0.25) is 0 Å². The van der Waals surface area contributed by atoms with Crippen LogP contribution in [0.3, 0.4) is 0 Å². The molecule has 120 valence electrons. The van der Waals surface area contributed by atoms with Crippen molar-refractivity contribution in [1.29, 1.82) is 0 Å². The van der Waals surface area contributed by atoms with Crippen molar-refractivity contribution in [1.82, 2.24) is 8.87 Å². The summed E-state index contributed by atoms with van der Waals surface area (Å²) in [6, 6.07) is 1.24. The van der Waals surface area contributed by atoms with Gasteiger partial charge in [0.1, 0.15) is 10.6 Å². The first kappa shape index (κ1) is 17.7. The molecule has 0 unspecified atom stereocenters. The molecule has 0 spiro atoms. The van der Waals surface area contributed by atoms with E-state index in [2.05, 4.69) is 0 Å². The zero-order chi connectivity index (χ0) is 16.2. The lowest BCUT2D eigenvalue weighted by Gasteiger charge is -2.17. The summed E-state index contributed by atoms with van der Waals surface area (Å²) in [6.45, 7) is 6.87. The summed E-state index contributed by atoms with van der Waals surface area (Å²) in [6.07, 6.45) is 2.91. The Bertz CT molecular complexity index is 590. The van der Waals surface area contributed by atoms with Crippen LogP contribution in [0.25, 0.3) is 0 Å². The average Bonchev–Trinajstić information content (AvgIpc) is 2.81. The standard InChI is InChI=1S/C14H24N2O4S/c1-5-7-16-10-12(9-13(16)14(17)18)21(19,20)15(4)8-6-11(2)3/h9-11H,5-8H2,1-4H3,(H,17,18). The van der Waals surface area contributed by atoms with Gasteiger partial charge >= 0.3 is 5.97 Å². The maximum Gasteiger partial charge on any atom is 0.352 e. The third-order valence-electron chi connectivity index (χ3n) is 3.28. The first-order valence-corrected chi connectivity index (χ1v) is 8.54. The van der Waals surface area contributed by atoms with E-state index in [4.69, 9.17) is 5.11 Å². The predicted octanol–water partition coefficient (Wildman–Crippen LogP) is 2.26. The number of hydrogen-bond donors (Lipinski definition) is 1. The van der Waals surface area contributed by atoms with E-state index in [1.54, 1.807) is 0 Å². The molecule has 0 saturated heterocycles. The van der Waals surface area contributed by atoms with Crippen LogP contribution < -0.4 is 0 Å². The molecule has 1 aromatic rings. The second-order valence-corrected chi connectivity index (χ2v) is 7.61. The predicted molar refractivity (Wildman–Crippen MR) is 81.0 cm³/mol. The fourth-order valence-electron chi connectivity index (χ4n) is 1.97. The summed E-state index contributed by atoms with van der Waals surface area (Å²) in [5.41, 5.74) is 0.00712. The zero-order valence-electron chi connectivity index (χ0n) is 13.0. The summed E-state index contributed by atoms with van der Waals surface area (Å²) in [5.74, 6) is -0.711. The maximum atomic E-state index is 12.5. The van der Waals surface area contributed by atoms with Crippen molar-refractivity contribution >= 4 is 16.0 Å². The Morgan fingerprint density at radius 3 is 2.52 bits per heavy atom. The molecule has 0 aliphatic rings. The lowest BCUT2D eigenvalue weighted by atomic mass is 10.1. The molecule has 0 bridgehead atoms. The number of aromatic carboxylic acids is 1. The Kier molecular flexibility index (Phi) is 5.98. The van der Waals surface area contributed by atoms with Crippen LogP contribution in [-0.2, 0) is 16.6 Å². The van der Waals surface area contributed by atoms with Crippen molar-refractivity contribution in [3.63, 3.8) is 0 Å². The largest absolute Gasteiger partial charge is 0.477 e. The van der Waals surface area contributed by atoms with Gasteiger partial charge in [0.2, 0.25) is 10.0 Å². The zero-order valence-corrected chi connectivity index (χ0v) is 13.9. The van der Waals surface area contributed by atoms with Crippen molar-refractivity contribution in [3.8, 4) is 0 Å². The molecule has 0 saturated carbocycles. The van der Waals surface area contributed by atoms with Crippen LogP contribution in [0.15, 0.2) is 17.2 Å². The van der Waals surface area contributed by atoms with Crippen LogP contribution in [0.1, 0.15) is 44.1 Å². The number of carboxylic acids is 1. The third-order valence-corrected chi connectivity index (χ3v) is 5.11. The molecular formula is C14H24N2O4S. The molecule has 0 amide bonds. The minimum atomic E-state index is -3.64. The Balaban J connectivity index is 3.08. The van der Waals surface area contributed by atoms with Gasteiger partial charge in [0.05, 0.1) is 0 Å². The fraction of sp³-hybridized carbons (Fsp3) is 0.643. The highest BCUT2D eigenvalue weighted by molar-refractivity contribution is 7.89. The summed E-state index contributed by atoms with van der Waals surface area (Å²) < 4.78 is 27.7. The van der Waals surface area contributed by atoms with Crippen LogP contribution >= 0.6 is 0 Å². The third kappa shape index (κ3) is 4.31. The number of rotatable bonds is 8. The molecule has 1 aromatic heterocycles. The van der Waals surface area contributed by atoms with Gasteiger partial charge in [-0.05, 0) is 24.8 Å². The molecule has 21 heavy (non-hydrogen) atoms. The molecule has 0 aliphatic heterocycles.